The van der Waals surface area contributed by atoms with Gasteiger partial charge in [0.2, 0.25) is 0 Å². The van der Waals surface area contributed by atoms with Crippen molar-refractivity contribution in [2.45, 2.75) is 25.3 Å². The second-order valence-corrected chi connectivity index (χ2v) is 7.62. The Bertz CT molecular complexity index is 1030. The Labute approximate surface area is 152 Å². The molecule has 1 aromatic heterocycles. The van der Waals surface area contributed by atoms with Gasteiger partial charge in [0.05, 0.1) is 11.2 Å². The molecule has 0 radical (unpaired) electrons. The van der Waals surface area contributed by atoms with E-state index in [0.29, 0.717) is 11.3 Å². The zero-order valence-electron chi connectivity index (χ0n) is 13.7. The molecular weight excluding hydrogens is 386 g/mol. The average molecular weight is 401 g/mol. The van der Waals surface area contributed by atoms with Crippen molar-refractivity contribution in [1.82, 2.24) is 4.98 Å². The van der Waals surface area contributed by atoms with Crippen LogP contribution in [0.25, 0.3) is 10.9 Å². The second-order valence-electron chi connectivity index (χ2n) is 6.70. The minimum Gasteiger partial charge on any atom is -0.271 e. The number of para-hydroxylation sites is 1. The van der Waals surface area contributed by atoms with Crippen molar-refractivity contribution in [1.29, 1.82) is 0 Å². The van der Waals surface area contributed by atoms with Gasteiger partial charge >= 0.3 is 0 Å². The van der Waals surface area contributed by atoms with Crippen LogP contribution in [0.15, 0.2) is 64.2 Å². The summed E-state index contributed by atoms with van der Waals surface area (Å²) in [7, 11) is 0. The molecule has 1 aliphatic rings. The van der Waals surface area contributed by atoms with Crippen LogP contribution < -0.4 is 0 Å². The molecule has 0 unspecified atom stereocenters. The third-order valence-electron chi connectivity index (χ3n) is 4.60. The molecule has 0 spiro atoms. The highest BCUT2D eigenvalue weighted by Gasteiger charge is 2.52. The minimum absolute atomic E-state index is 0.00106. The van der Waals surface area contributed by atoms with Crippen molar-refractivity contribution >= 4 is 32.5 Å². The maximum absolute atomic E-state index is 14.9. The van der Waals surface area contributed by atoms with Gasteiger partial charge in [-0.25, -0.2) is 0 Å². The van der Waals surface area contributed by atoms with Crippen molar-refractivity contribution in [3.05, 3.63) is 75.9 Å². The van der Waals surface area contributed by atoms with E-state index in [1.54, 1.807) is 18.3 Å². The van der Waals surface area contributed by atoms with E-state index in [9.17, 15) is 8.78 Å². The van der Waals surface area contributed by atoms with Crippen LogP contribution in [0.2, 0.25) is 0 Å². The number of hydrogen-bond acceptors (Lipinski definition) is 2. The summed E-state index contributed by atoms with van der Waals surface area (Å²) in [5, 5.41) is 0.953. The van der Waals surface area contributed by atoms with Gasteiger partial charge < -0.3 is 0 Å². The first kappa shape index (κ1) is 16.3. The van der Waals surface area contributed by atoms with Gasteiger partial charge in [-0.1, -0.05) is 40.2 Å². The van der Waals surface area contributed by atoms with E-state index in [1.807, 2.05) is 30.3 Å². The molecule has 3 aromatic rings. The van der Waals surface area contributed by atoms with Gasteiger partial charge in [-0.15, -0.1) is 0 Å². The first-order valence-corrected chi connectivity index (χ1v) is 8.72. The van der Waals surface area contributed by atoms with Crippen LogP contribution in [-0.4, -0.2) is 16.2 Å². The molecule has 2 aromatic carbocycles. The zero-order valence-corrected chi connectivity index (χ0v) is 15.3. The van der Waals surface area contributed by atoms with E-state index in [-0.39, 0.29) is 5.56 Å². The lowest BCUT2D eigenvalue weighted by Gasteiger charge is -2.37. The topological polar surface area (TPSA) is 25.2 Å². The number of halogens is 3. The number of benzene rings is 2. The van der Waals surface area contributed by atoms with Gasteiger partial charge in [0, 0.05) is 32.7 Å². The predicted molar refractivity (Wildman–Crippen MR) is 99.5 cm³/mol. The number of hydrogen-bond donors (Lipinski definition) is 0. The lowest BCUT2D eigenvalue weighted by Crippen LogP contribution is -2.44. The first-order chi connectivity index (χ1) is 11.8. The van der Waals surface area contributed by atoms with Crippen LogP contribution in [0.4, 0.5) is 8.78 Å². The maximum atomic E-state index is 14.9. The van der Waals surface area contributed by atoms with E-state index in [4.69, 9.17) is 0 Å². The molecule has 0 saturated carbocycles. The number of alkyl halides is 2. The molecule has 126 valence electrons. The van der Waals surface area contributed by atoms with Gasteiger partial charge in [0.15, 0.2) is 0 Å². The molecule has 2 nitrogen and oxygen atoms in total. The summed E-state index contributed by atoms with van der Waals surface area (Å²) in [6.07, 6.45) is 1.70. The molecule has 0 amide bonds. The van der Waals surface area contributed by atoms with Crippen LogP contribution in [0.5, 0.6) is 0 Å². The molecule has 25 heavy (non-hydrogen) atoms. The molecule has 4 rings (SSSR count). The number of pyridine rings is 1. The Morgan fingerprint density at radius 1 is 1.00 bits per heavy atom. The summed E-state index contributed by atoms with van der Waals surface area (Å²) in [6, 6.07) is 14.5. The third-order valence-corrected chi connectivity index (χ3v) is 5.09. The molecule has 2 heterocycles. The fraction of sp³-hybridized carbons (Fsp3) is 0.200. The molecular formula is C20H15BrF2N2. The number of aliphatic imine (C=N–C) groups is 1. The Balaban J connectivity index is 1.99. The standard InChI is InChI=1S/C20H15BrF2N2/c1-19(2)20(22,23)16-8-7-14(21)10-15(16)18(25-19)13-9-12-5-3-4-6-17(12)24-11-13/h3-11H,1-2H3. The van der Waals surface area contributed by atoms with Gasteiger partial charge in [-0.05, 0) is 38.1 Å². The van der Waals surface area contributed by atoms with E-state index < -0.39 is 11.5 Å². The van der Waals surface area contributed by atoms with Gasteiger partial charge in [0.25, 0.3) is 5.92 Å². The van der Waals surface area contributed by atoms with Crippen molar-refractivity contribution < 1.29 is 8.78 Å². The molecule has 0 bridgehead atoms. The normalized spacial score (nSPS) is 17.9. The highest BCUT2D eigenvalue weighted by Crippen LogP contribution is 2.47. The fourth-order valence-corrected chi connectivity index (χ4v) is 3.51. The average Bonchev–Trinajstić information content (AvgIpc) is 2.58. The Morgan fingerprint density at radius 3 is 2.56 bits per heavy atom. The fourth-order valence-electron chi connectivity index (χ4n) is 3.15. The summed E-state index contributed by atoms with van der Waals surface area (Å²) in [6.45, 7) is 2.93. The van der Waals surface area contributed by atoms with Crippen LogP contribution in [0.3, 0.4) is 0 Å². The van der Waals surface area contributed by atoms with E-state index in [2.05, 4.69) is 25.9 Å². The van der Waals surface area contributed by atoms with Crippen LogP contribution >= 0.6 is 15.9 Å². The molecule has 0 N–H and O–H groups in total. The number of aromatic nitrogens is 1. The SMILES string of the molecule is CC1(C)N=C(c2cnc3ccccc3c2)c2cc(Br)ccc2C1(F)F. The third kappa shape index (κ3) is 2.49. The van der Waals surface area contributed by atoms with Gasteiger partial charge in [-0.3, -0.25) is 9.98 Å². The molecule has 0 fully saturated rings. The predicted octanol–water partition coefficient (Wildman–Crippen LogP) is 5.72. The smallest absolute Gasteiger partial charge is 0.271 e. The van der Waals surface area contributed by atoms with E-state index in [1.165, 1.54) is 19.9 Å². The minimum atomic E-state index is -3.04. The van der Waals surface area contributed by atoms with E-state index >= 15 is 0 Å². The summed E-state index contributed by atoms with van der Waals surface area (Å²) >= 11 is 3.38. The first-order valence-electron chi connectivity index (χ1n) is 7.93. The van der Waals surface area contributed by atoms with Gasteiger partial charge in [0.1, 0.15) is 5.54 Å². The number of nitrogens with zero attached hydrogens (tertiary/aromatic N) is 2. The quantitative estimate of drug-likeness (QED) is 0.512. The van der Waals surface area contributed by atoms with Crippen molar-refractivity contribution in [2.75, 3.05) is 0 Å². The highest BCUT2D eigenvalue weighted by molar-refractivity contribution is 9.10. The van der Waals surface area contributed by atoms with Gasteiger partial charge in [-0.2, -0.15) is 8.78 Å². The lowest BCUT2D eigenvalue weighted by molar-refractivity contribution is -0.0682. The largest absolute Gasteiger partial charge is 0.297 e. The molecule has 0 atom stereocenters. The monoisotopic (exact) mass is 400 g/mol. The second kappa shape index (κ2) is 5.43. The lowest BCUT2D eigenvalue weighted by atomic mass is 9.81. The highest BCUT2D eigenvalue weighted by atomic mass is 79.9. The number of fused-ring (bicyclic) bond motifs is 2. The van der Waals surface area contributed by atoms with Crippen LogP contribution in [-0.2, 0) is 5.92 Å². The Morgan fingerprint density at radius 2 is 1.76 bits per heavy atom. The van der Waals surface area contributed by atoms with Crippen molar-refractivity contribution in [3.8, 4) is 0 Å². The summed E-state index contributed by atoms with van der Waals surface area (Å²) in [4.78, 5) is 8.89. The summed E-state index contributed by atoms with van der Waals surface area (Å²) in [5.74, 6) is -3.04. The summed E-state index contributed by atoms with van der Waals surface area (Å²) in [5.41, 5.74) is 1.05. The van der Waals surface area contributed by atoms with Crippen LogP contribution in [0.1, 0.15) is 30.5 Å². The Kier molecular flexibility index (Phi) is 3.55. The number of rotatable bonds is 1. The zero-order chi connectivity index (χ0) is 17.8. The summed E-state index contributed by atoms with van der Waals surface area (Å²) < 4.78 is 30.6. The molecule has 5 heteroatoms. The van der Waals surface area contributed by atoms with Crippen molar-refractivity contribution in [2.24, 2.45) is 4.99 Å². The maximum Gasteiger partial charge on any atom is 0.297 e. The van der Waals surface area contributed by atoms with E-state index in [0.717, 1.165) is 20.9 Å². The molecule has 0 aliphatic carbocycles. The Hall–Kier alpha value is -2.14. The molecule has 1 aliphatic heterocycles. The van der Waals surface area contributed by atoms with Crippen LogP contribution in [0, 0.1) is 0 Å². The molecule has 0 saturated heterocycles. The van der Waals surface area contributed by atoms with Crippen molar-refractivity contribution in [3.63, 3.8) is 0 Å².